The van der Waals surface area contributed by atoms with Crippen molar-refractivity contribution in [2.24, 2.45) is 0 Å². The number of aryl methyl sites for hydroxylation is 1. The van der Waals surface area contributed by atoms with Crippen LogP contribution in [-0.2, 0) is 4.74 Å². The zero-order valence-electron chi connectivity index (χ0n) is 13.9. The summed E-state index contributed by atoms with van der Waals surface area (Å²) >= 11 is 1.76. The van der Waals surface area contributed by atoms with Crippen LogP contribution in [-0.4, -0.2) is 67.7 Å². The van der Waals surface area contributed by atoms with Gasteiger partial charge in [-0.05, 0) is 19.1 Å². The number of ether oxygens (including phenoxy) is 1. The first-order valence-electron chi connectivity index (χ1n) is 8.38. The van der Waals surface area contributed by atoms with E-state index >= 15 is 0 Å². The summed E-state index contributed by atoms with van der Waals surface area (Å²) in [6.45, 7) is 9.25. The predicted octanol–water partition coefficient (Wildman–Crippen LogP) is 1.40. The van der Waals surface area contributed by atoms with Gasteiger partial charge in [0.1, 0.15) is 0 Å². The summed E-state index contributed by atoms with van der Waals surface area (Å²) in [5.41, 5.74) is 0. The van der Waals surface area contributed by atoms with Crippen LogP contribution in [0.4, 0.5) is 16.8 Å². The van der Waals surface area contributed by atoms with E-state index in [0.717, 1.165) is 69.2 Å². The first-order chi connectivity index (χ1) is 11.8. The van der Waals surface area contributed by atoms with Gasteiger partial charge in [0, 0.05) is 50.3 Å². The molecule has 0 spiro atoms. The Labute approximate surface area is 145 Å². The summed E-state index contributed by atoms with van der Waals surface area (Å²) in [4.78, 5) is 12.6. The lowest BCUT2D eigenvalue weighted by Crippen LogP contribution is -2.47. The van der Waals surface area contributed by atoms with E-state index in [9.17, 15) is 0 Å². The van der Waals surface area contributed by atoms with Crippen molar-refractivity contribution in [3.8, 4) is 0 Å². The van der Waals surface area contributed by atoms with Gasteiger partial charge >= 0.3 is 0 Å². The Hall–Kier alpha value is -1.93. The second-order valence-electron chi connectivity index (χ2n) is 6.08. The Morgan fingerprint density at radius 3 is 2.00 bits per heavy atom. The maximum atomic E-state index is 5.38. The van der Waals surface area contributed by atoms with E-state index in [-0.39, 0.29) is 0 Å². The standard InChI is InChI=1S/C16H22N6OS/c1-13-12-17-16(24-13)22-6-4-20(5-7-22)14-2-3-15(19-18-14)21-8-10-23-11-9-21/h2-3,12H,4-11H2,1H3. The average molecular weight is 346 g/mol. The highest BCUT2D eigenvalue weighted by molar-refractivity contribution is 7.15. The van der Waals surface area contributed by atoms with Gasteiger partial charge in [-0.15, -0.1) is 21.5 Å². The normalized spacial score (nSPS) is 19.0. The zero-order valence-corrected chi connectivity index (χ0v) is 14.7. The molecule has 0 bridgehead atoms. The minimum atomic E-state index is 0.765. The molecule has 0 amide bonds. The van der Waals surface area contributed by atoms with Crippen molar-refractivity contribution in [3.63, 3.8) is 0 Å². The maximum Gasteiger partial charge on any atom is 0.185 e. The molecule has 0 N–H and O–H groups in total. The fourth-order valence-corrected chi connectivity index (χ4v) is 3.87. The van der Waals surface area contributed by atoms with Crippen molar-refractivity contribution in [2.75, 3.05) is 67.2 Å². The number of morpholine rings is 1. The van der Waals surface area contributed by atoms with Gasteiger partial charge in [-0.3, -0.25) is 0 Å². The molecule has 4 rings (SSSR count). The molecule has 0 atom stereocenters. The third kappa shape index (κ3) is 3.29. The van der Waals surface area contributed by atoms with Crippen LogP contribution in [0, 0.1) is 6.92 Å². The Morgan fingerprint density at radius 2 is 1.46 bits per heavy atom. The molecule has 0 aliphatic carbocycles. The Bertz CT molecular complexity index is 661. The van der Waals surface area contributed by atoms with Crippen molar-refractivity contribution in [2.45, 2.75) is 6.92 Å². The van der Waals surface area contributed by atoms with Gasteiger partial charge in [0.15, 0.2) is 16.8 Å². The van der Waals surface area contributed by atoms with Crippen molar-refractivity contribution in [1.82, 2.24) is 15.2 Å². The van der Waals surface area contributed by atoms with E-state index in [4.69, 9.17) is 4.74 Å². The van der Waals surface area contributed by atoms with E-state index in [1.165, 1.54) is 4.88 Å². The molecule has 2 aromatic rings. The van der Waals surface area contributed by atoms with Gasteiger partial charge in [0.05, 0.1) is 13.2 Å². The Balaban J connectivity index is 1.37. The van der Waals surface area contributed by atoms with Crippen molar-refractivity contribution >= 4 is 28.1 Å². The molecule has 2 saturated heterocycles. The third-order valence-electron chi connectivity index (χ3n) is 4.45. The summed E-state index contributed by atoms with van der Waals surface area (Å²) in [6, 6.07) is 4.16. The summed E-state index contributed by atoms with van der Waals surface area (Å²) in [6.07, 6.45) is 1.95. The Kier molecular flexibility index (Phi) is 4.48. The van der Waals surface area contributed by atoms with Gasteiger partial charge in [-0.25, -0.2) is 4.98 Å². The molecule has 0 aromatic carbocycles. The highest BCUT2D eigenvalue weighted by atomic mass is 32.1. The van der Waals surface area contributed by atoms with Crippen LogP contribution in [0.25, 0.3) is 0 Å². The van der Waals surface area contributed by atoms with Crippen molar-refractivity contribution in [1.29, 1.82) is 0 Å². The second-order valence-corrected chi connectivity index (χ2v) is 7.29. The van der Waals surface area contributed by atoms with Crippen molar-refractivity contribution < 1.29 is 4.74 Å². The summed E-state index contributed by atoms with van der Waals surface area (Å²) < 4.78 is 5.38. The van der Waals surface area contributed by atoms with Crippen LogP contribution in [0.2, 0.25) is 0 Å². The van der Waals surface area contributed by atoms with Crippen molar-refractivity contribution in [3.05, 3.63) is 23.2 Å². The van der Waals surface area contributed by atoms with Crippen LogP contribution >= 0.6 is 11.3 Å². The van der Waals surface area contributed by atoms with E-state index in [1.54, 1.807) is 11.3 Å². The maximum absolute atomic E-state index is 5.38. The average Bonchev–Trinajstić information content (AvgIpc) is 3.09. The van der Waals surface area contributed by atoms with Gasteiger partial charge in [0.2, 0.25) is 0 Å². The first-order valence-corrected chi connectivity index (χ1v) is 9.20. The number of thiazole rings is 1. The van der Waals surface area contributed by atoms with Gasteiger partial charge in [-0.2, -0.15) is 0 Å². The number of aromatic nitrogens is 3. The van der Waals surface area contributed by atoms with E-state index in [2.05, 4.69) is 48.9 Å². The van der Waals surface area contributed by atoms with E-state index in [0.29, 0.717) is 0 Å². The minimum absolute atomic E-state index is 0.765. The molecule has 2 aliphatic rings. The molecule has 2 fully saturated rings. The lowest BCUT2D eigenvalue weighted by atomic mass is 10.3. The third-order valence-corrected chi connectivity index (χ3v) is 5.43. The fourth-order valence-electron chi connectivity index (χ4n) is 3.06. The Morgan fingerprint density at radius 1 is 0.875 bits per heavy atom. The van der Waals surface area contributed by atoms with Gasteiger partial charge in [-0.1, -0.05) is 0 Å². The highest BCUT2D eigenvalue weighted by Crippen LogP contribution is 2.24. The predicted molar refractivity (Wildman–Crippen MR) is 96.3 cm³/mol. The van der Waals surface area contributed by atoms with E-state index in [1.807, 2.05) is 6.20 Å². The number of nitrogens with zero attached hydrogens (tertiary/aromatic N) is 6. The first kappa shape index (κ1) is 15.6. The molecule has 0 radical (unpaired) electrons. The monoisotopic (exact) mass is 346 g/mol. The summed E-state index contributed by atoms with van der Waals surface area (Å²) in [5.74, 6) is 1.90. The molecular weight excluding hydrogens is 324 g/mol. The number of piperazine rings is 1. The van der Waals surface area contributed by atoms with Crippen LogP contribution in [0.5, 0.6) is 0 Å². The van der Waals surface area contributed by atoms with Gasteiger partial charge < -0.3 is 19.4 Å². The van der Waals surface area contributed by atoms with E-state index < -0.39 is 0 Å². The minimum Gasteiger partial charge on any atom is -0.378 e. The number of hydrogen-bond donors (Lipinski definition) is 0. The molecule has 24 heavy (non-hydrogen) atoms. The zero-order chi connectivity index (χ0) is 16.4. The van der Waals surface area contributed by atoms with Gasteiger partial charge in [0.25, 0.3) is 0 Å². The van der Waals surface area contributed by atoms with Crippen LogP contribution in [0.15, 0.2) is 18.3 Å². The molecule has 2 aromatic heterocycles. The van der Waals surface area contributed by atoms with Crippen LogP contribution in [0.1, 0.15) is 4.88 Å². The van der Waals surface area contributed by atoms with Crippen LogP contribution < -0.4 is 14.7 Å². The molecule has 0 unspecified atom stereocenters. The highest BCUT2D eigenvalue weighted by Gasteiger charge is 2.21. The lowest BCUT2D eigenvalue weighted by Gasteiger charge is -2.35. The molecule has 8 heteroatoms. The molecule has 128 valence electrons. The lowest BCUT2D eigenvalue weighted by molar-refractivity contribution is 0.122. The molecule has 2 aliphatic heterocycles. The molecule has 7 nitrogen and oxygen atoms in total. The topological polar surface area (TPSA) is 57.6 Å². The summed E-state index contributed by atoms with van der Waals surface area (Å²) in [7, 11) is 0. The number of anilines is 3. The van der Waals surface area contributed by atoms with Crippen LogP contribution in [0.3, 0.4) is 0 Å². The second kappa shape index (κ2) is 6.90. The fraction of sp³-hybridized carbons (Fsp3) is 0.562. The number of rotatable bonds is 3. The largest absolute Gasteiger partial charge is 0.378 e. The molecular formula is C16H22N6OS. The number of hydrogen-bond acceptors (Lipinski definition) is 8. The summed E-state index contributed by atoms with van der Waals surface area (Å²) in [5, 5.41) is 9.98. The quantitative estimate of drug-likeness (QED) is 0.833. The molecule has 4 heterocycles. The SMILES string of the molecule is Cc1cnc(N2CCN(c3ccc(N4CCOCC4)nn3)CC2)s1. The smallest absolute Gasteiger partial charge is 0.185 e. The molecule has 0 saturated carbocycles.